The number of Topliss-reactive ketones (excluding diaryl/α,β-unsaturated/α-hetero) is 1. The first-order valence-corrected chi connectivity index (χ1v) is 8.57. The Kier molecular flexibility index (Phi) is 6.96. The van der Waals surface area contributed by atoms with Crippen molar-refractivity contribution in [2.24, 2.45) is 0 Å². The standard InChI is InChI=1S/C20H22ClNO5/c1-5-27-17-10-12(6-7-16(17)22)19(23)15(21)9-13-8-14(24-2)11-18(25-3)20(13)26-4/h6-11H,5,22H2,1-4H3/b15-9+. The molecule has 6 nitrogen and oxygen atoms in total. The molecule has 0 atom stereocenters. The van der Waals surface area contributed by atoms with Gasteiger partial charge in [-0.3, -0.25) is 4.79 Å². The summed E-state index contributed by atoms with van der Waals surface area (Å²) in [4.78, 5) is 12.7. The van der Waals surface area contributed by atoms with Crippen LogP contribution in [0.4, 0.5) is 5.69 Å². The molecule has 2 N–H and O–H groups in total. The Labute approximate surface area is 163 Å². The molecule has 0 aliphatic heterocycles. The Hall–Kier alpha value is -2.86. The molecule has 0 aromatic heterocycles. The number of benzene rings is 2. The Morgan fingerprint density at radius 3 is 2.41 bits per heavy atom. The molecular formula is C20H22ClNO5. The van der Waals surface area contributed by atoms with E-state index < -0.39 is 0 Å². The first-order chi connectivity index (χ1) is 12.9. The molecular weight excluding hydrogens is 370 g/mol. The fourth-order valence-electron chi connectivity index (χ4n) is 2.49. The molecule has 0 radical (unpaired) electrons. The molecule has 0 fully saturated rings. The van der Waals surface area contributed by atoms with Crippen molar-refractivity contribution < 1.29 is 23.7 Å². The van der Waals surface area contributed by atoms with Crippen molar-refractivity contribution >= 4 is 29.1 Å². The van der Waals surface area contributed by atoms with Gasteiger partial charge in [0.05, 0.1) is 38.7 Å². The molecule has 27 heavy (non-hydrogen) atoms. The van der Waals surface area contributed by atoms with E-state index in [-0.39, 0.29) is 10.8 Å². The van der Waals surface area contributed by atoms with Gasteiger partial charge < -0.3 is 24.7 Å². The van der Waals surface area contributed by atoms with Crippen LogP contribution in [0.2, 0.25) is 0 Å². The monoisotopic (exact) mass is 391 g/mol. The maximum atomic E-state index is 12.7. The van der Waals surface area contributed by atoms with Crippen molar-refractivity contribution in [3.05, 3.63) is 46.5 Å². The van der Waals surface area contributed by atoms with E-state index in [1.165, 1.54) is 27.4 Å². The van der Waals surface area contributed by atoms with Crippen LogP contribution in [-0.4, -0.2) is 33.7 Å². The molecule has 0 aliphatic rings. The zero-order valence-electron chi connectivity index (χ0n) is 15.7. The summed E-state index contributed by atoms with van der Waals surface area (Å²) in [5.41, 5.74) is 7.21. The fraction of sp³-hybridized carbons (Fsp3) is 0.250. The van der Waals surface area contributed by atoms with E-state index in [0.717, 1.165) is 0 Å². The van der Waals surface area contributed by atoms with Crippen molar-refractivity contribution in [1.29, 1.82) is 0 Å². The zero-order chi connectivity index (χ0) is 20.0. The van der Waals surface area contributed by atoms with Gasteiger partial charge in [0.25, 0.3) is 0 Å². The van der Waals surface area contributed by atoms with Gasteiger partial charge in [0.15, 0.2) is 11.5 Å². The number of methoxy groups -OCH3 is 3. The summed E-state index contributed by atoms with van der Waals surface area (Å²) < 4.78 is 21.4. The van der Waals surface area contributed by atoms with Crippen LogP contribution in [-0.2, 0) is 0 Å². The summed E-state index contributed by atoms with van der Waals surface area (Å²) in [6.07, 6.45) is 1.50. The number of nitrogens with two attached hydrogens (primary N) is 1. The van der Waals surface area contributed by atoms with Gasteiger partial charge in [0, 0.05) is 17.2 Å². The topological polar surface area (TPSA) is 80.0 Å². The predicted octanol–water partition coefficient (Wildman–Crippen LogP) is 4.16. The number of rotatable bonds is 8. The second-order valence-electron chi connectivity index (χ2n) is 5.46. The molecule has 0 spiro atoms. The van der Waals surface area contributed by atoms with Crippen LogP contribution in [0, 0.1) is 0 Å². The summed E-state index contributed by atoms with van der Waals surface area (Å²) in [6.45, 7) is 2.27. The van der Waals surface area contributed by atoms with Crippen molar-refractivity contribution in [3.8, 4) is 23.0 Å². The smallest absolute Gasteiger partial charge is 0.204 e. The summed E-state index contributed by atoms with van der Waals surface area (Å²) in [5, 5.41) is -0.00386. The minimum Gasteiger partial charge on any atom is -0.497 e. The lowest BCUT2D eigenvalue weighted by Gasteiger charge is -2.13. The van der Waals surface area contributed by atoms with E-state index >= 15 is 0 Å². The third kappa shape index (κ3) is 4.65. The van der Waals surface area contributed by atoms with Gasteiger partial charge in [-0.2, -0.15) is 0 Å². The van der Waals surface area contributed by atoms with Gasteiger partial charge in [-0.05, 0) is 37.3 Å². The summed E-state index contributed by atoms with van der Waals surface area (Å²) >= 11 is 6.29. The fourth-order valence-corrected chi connectivity index (χ4v) is 2.72. The third-order valence-electron chi connectivity index (χ3n) is 3.79. The predicted molar refractivity (Wildman–Crippen MR) is 106 cm³/mol. The molecule has 2 rings (SSSR count). The number of nitrogen functional groups attached to an aromatic ring is 1. The second kappa shape index (κ2) is 9.19. The number of ketones is 1. The quantitative estimate of drug-likeness (QED) is 0.413. The Morgan fingerprint density at radius 1 is 1.07 bits per heavy atom. The van der Waals surface area contributed by atoms with Crippen LogP contribution in [0.5, 0.6) is 23.0 Å². The summed E-state index contributed by atoms with van der Waals surface area (Å²) in [7, 11) is 4.55. The molecule has 0 saturated heterocycles. The number of halogens is 1. The number of carbonyl (C=O) groups is 1. The van der Waals surface area contributed by atoms with Crippen LogP contribution < -0.4 is 24.7 Å². The van der Waals surface area contributed by atoms with Crippen LogP contribution in [0.1, 0.15) is 22.8 Å². The maximum absolute atomic E-state index is 12.7. The third-order valence-corrected chi connectivity index (χ3v) is 4.07. The van der Waals surface area contributed by atoms with E-state index in [9.17, 15) is 4.79 Å². The number of hydrogen-bond donors (Lipinski definition) is 1. The molecule has 2 aromatic rings. The highest BCUT2D eigenvalue weighted by Crippen LogP contribution is 2.37. The van der Waals surface area contributed by atoms with Gasteiger partial charge in [-0.15, -0.1) is 0 Å². The minimum atomic E-state index is -0.374. The SMILES string of the molecule is CCOc1cc(C(=O)/C(Cl)=C\c2cc(OC)cc(OC)c2OC)ccc1N. The van der Waals surface area contributed by atoms with Crippen molar-refractivity contribution in [3.63, 3.8) is 0 Å². The van der Waals surface area contributed by atoms with E-state index in [1.54, 1.807) is 30.3 Å². The molecule has 7 heteroatoms. The van der Waals surface area contributed by atoms with E-state index in [1.807, 2.05) is 6.92 Å². The largest absolute Gasteiger partial charge is 0.497 e. The van der Waals surface area contributed by atoms with Crippen LogP contribution in [0.3, 0.4) is 0 Å². The van der Waals surface area contributed by atoms with Gasteiger partial charge >= 0.3 is 0 Å². The van der Waals surface area contributed by atoms with Crippen LogP contribution >= 0.6 is 11.6 Å². The van der Waals surface area contributed by atoms with Crippen molar-refractivity contribution in [2.75, 3.05) is 33.7 Å². The van der Waals surface area contributed by atoms with Gasteiger partial charge in [-0.25, -0.2) is 0 Å². The summed E-state index contributed by atoms with van der Waals surface area (Å²) in [6, 6.07) is 8.16. The normalized spacial score (nSPS) is 11.1. The highest BCUT2D eigenvalue weighted by atomic mass is 35.5. The number of hydrogen-bond acceptors (Lipinski definition) is 6. The average molecular weight is 392 g/mol. The molecule has 0 bridgehead atoms. The summed E-state index contributed by atoms with van der Waals surface area (Å²) in [5.74, 6) is 1.51. The molecule has 0 saturated carbocycles. The lowest BCUT2D eigenvalue weighted by atomic mass is 10.1. The number of allylic oxidation sites excluding steroid dienone is 1. The second-order valence-corrected chi connectivity index (χ2v) is 5.87. The van der Waals surface area contributed by atoms with Gasteiger partial charge in [0.2, 0.25) is 5.78 Å². The molecule has 0 aliphatic carbocycles. The molecule has 2 aromatic carbocycles. The highest BCUT2D eigenvalue weighted by molar-refractivity contribution is 6.47. The first-order valence-electron chi connectivity index (χ1n) is 8.19. The Bertz CT molecular complexity index is 864. The van der Waals surface area contributed by atoms with Gasteiger partial charge in [-0.1, -0.05) is 11.6 Å². The number of carbonyl (C=O) groups excluding carboxylic acids is 1. The average Bonchev–Trinajstić information content (AvgIpc) is 2.68. The van der Waals surface area contributed by atoms with Gasteiger partial charge in [0.1, 0.15) is 11.5 Å². The Balaban J connectivity index is 2.45. The number of ether oxygens (including phenoxy) is 4. The van der Waals surface area contributed by atoms with Crippen molar-refractivity contribution in [2.45, 2.75) is 6.92 Å². The van der Waals surface area contributed by atoms with Crippen molar-refractivity contribution in [1.82, 2.24) is 0 Å². The first kappa shape index (κ1) is 20.5. The lowest BCUT2D eigenvalue weighted by Crippen LogP contribution is -2.03. The van der Waals surface area contributed by atoms with Crippen LogP contribution in [0.25, 0.3) is 6.08 Å². The zero-order valence-corrected chi connectivity index (χ0v) is 16.4. The lowest BCUT2D eigenvalue weighted by molar-refractivity contribution is 0.104. The molecule has 144 valence electrons. The molecule has 0 unspecified atom stereocenters. The Morgan fingerprint density at radius 2 is 1.81 bits per heavy atom. The maximum Gasteiger partial charge on any atom is 0.204 e. The van der Waals surface area contributed by atoms with Crippen LogP contribution in [0.15, 0.2) is 35.4 Å². The highest BCUT2D eigenvalue weighted by Gasteiger charge is 2.16. The number of anilines is 1. The van der Waals surface area contributed by atoms with E-state index in [4.69, 9.17) is 36.3 Å². The molecule has 0 amide bonds. The molecule has 0 heterocycles. The minimum absolute atomic E-state index is 0.00386. The van der Waals surface area contributed by atoms with E-state index in [0.29, 0.717) is 46.4 Å². The van der Waals surface area contributed by atoms with E-state index in [2.05, 4.69) is 0 Å².